The van der Waals surface area contributed by atoms with E-state index in [1.165, 1.54) is 25.0 Å². The predicted octanol–water partition coefficient (Wildman–Crippen LogP) is 2.94. The van der Waals surface area contributed by atoms with Gasteiger partial charge in [-0.1, -0.05) is 6.42 Å². The van der Waals surface area contributed by atoms with E-state index in [9.17, 15) is 0 Å². The number of thioether (sulfide) groups is 1. The Morgan fingerprint density at radius 2 is 2.33 bits per heavy atom. The Labute approximate surface area is 103 Å². The molecule has 0 aromatic carbocycles. The summed E-state index contributed by atoms with van der Waals surface area (Å²) < 4.78 is 0.778. The summed E-state index contributed by atoms with van der Waals surface area (Å²) in [5.74, 6) is 2.17. The number of rotatable bonds is 3. The molecule has 1 N–H and O–H groups in total. The molecule has 0 aliphatic carbocycles. The molecule has 0 radical (unpaired) electrons. The van der Waals surface area contributed by atoms with Crippen LogP contribution in [0, 0.1) is 0 Å². The van der Waals surface area contributed by atoms with Crippen LogP contribution in [0.1, 0.15) is 19.3 Å². The molecule has 1 aromatic heterocycles. The normalized spacial score (nSPS) is 21.3. The van der Waals surface area contributed by atoms with Gasteiger partial charge in [0.2, 0.25) is 0 Å². The standard InChI is InChI=1S/C10H14BrN3S/c11-9-6-14-10(7-12-9)13-5-8-3-1-2-4-15-8/h6-8H,1-5H2,(H,13,14). The lowest BCUT2D eigenvalue weighted by atomic mass is 10.2. The smallest absolute Gasteiger partial charge is 0.144 e. The highest BCUT2D eigenvalue weighted by molar-refractivity contribution is 9.10. The molecule has 1 atom stereocenters. The van der Waals surface area contributed by atoms with Crippen LogP contribution >= 0.6 is 27.7 Å². The Balaban J connectivity index is 1.79. The van der Waals surface area contributed by atoms with Crippen molar-refractivity contribution in [2.45, 2.75) is 24.5 Å². The Morgan fingerprint density at radius 1 is 1.40 bits per heavy atom. The third kappa shape index (κ3) is 3.65. The second kappa shape index (κ2) is 5.70. The zero-order valence-electron chi connectivity index (χ0n) is 8.45. The van der Waals surface area contributed by atoms with E-state index >= 15 is 0 Å². The van der Waals surface area contributed by atoms with Crippen molar-refractivity contribution in [3.8, 4) is 0 Å². The van der Waals surface area contributed by atoms with Crippen LogP contribution < -0.4 is 5.32 Å². The molecular formula is C10H14BrN3S. The van der Waals surface area contributed by atoms with Gasteiger partial charge in [0.15, 0.2) is 0 Å². The van der Waals surface area contributed by atoms with Crippen LogP contribution in [0.5, 0.6) is 0 Å². The van der Waals surface area contributed by atoms with Crippen LogP contribution in [0.15, 0.2) is 17.0 Å². The van der Waals surface area contributed by atoms with Crippen LogP contribution in [-0.2, 0) is 0 Å². The average Bonchev–Trinajstić information content (AvgIpc) is 2.30. The second-order valence-electron chi connectivity index (χ2n) is 3.59. The van der Waals surface area contributed by atoms with Gasteiger partial charge in [-0.3, -0.25) is 0 Å². The molecule has 1 aromatic rings. The van der Waals surface area contributed by atoms with Crippen LogP contribution in [-0.4, -0.2) is 27.5 Å². The number of aromatic nitrogens is 2. The van der Waals surface area contributed by atoms with Gasteiger partial charge in [-0.25, -0.2) is 9.97 Å². The number of halogens is 1. The highest BCUT2D eigenvalue weighted by Crippen LogP contribution is 2.24. The Kier molecular flexibility index (Phi) is 4.26. The fourth-order valence-corrected chi connectivity index (χ4v) is 3.03. The monoisotopic (exact) mass is 287 g/mol. The van der Waals surface area contributed by atoms with E-state index < -0.39 is 0 Å². The lowest BCUT2D eigenvalue weighted by Gasteiger charge is -2.21. The fourth-order valence-electron chi connectivity index (χ4n) is 1.59. The van der Waals surface area contributed by atoms with Gasteiger partial charge < -0.3 is 5.32 Å². The maximum atomic E-state index is 4.23. The van der Waals surface area contributed by atoms with Crippen molar-refractivity contribution >= 4 is 33.5 Å². The van der Waals surface area contributed by atoms with Crippen LogP contribution in [0.25, 0.3) is 0 Å². The lowest BCUT2D eigenvalue weighted by molar-refractivity contribution is 0.677. The Morgan fingerprint density at radius 3 is 3.00 bits per heavy atom. The first kappa shape index (κ1) is 11.2. The molecule has 2 heterocycles. The Bertz CT molecular complexity index is 298. The SMILES string of the molecule is Brc1cnc(NCC2CCCCS2)cn1. The minimum Gasteiger partial charge on any atom is -0.368 e. The molecular weight excluding hydrogens is 274 g/mol. The summed E-state index contributed by atoms with van der Waals surface area (Å²) in [7, 11) is 0. The third-order valence-corrected chi connectivity index (χ3v) is 4.21. The zero-order valence-corrected chi connectivity index (χ0v) is 10.9. The van der Waals surface area contributed by atoms with Gasteiger partial charge in [0.25, 0.3) is 0 Å². The lowest BCUT2D eigenvalue weighted by Crippen LogP contribution is -2.20. The van der Waals surface area contributed by atoms with E-state index in [2.05, 4.69) is 43.0 Å². The molecule has 1 saturated heterocycles. The van der Waals surface area contributed by atoms with Crippen LogP contribution in [0.4, 0.5) is 5.82 Å². The molecule has 1 fully saturated rings. The second-order valence-corrected chi connectivity index (χ2v) is 5.81. The average molecular weight is 288 g/mol. The van der Waals surface area contributed by atoms with Crippen LogP contribution in [0.3, 0.4) is 0 Å². The van der Waals surface area contributed by atoms with Crippen molar-refractivity contribution in [2.75, 3.05) is 17.6 Å². The summed E-state index contributed by atoms with van der Waals surface area (Å²) in [5, 5.41) is 4.07. The van der Waals surface area contributed by atoms with Gasteiger partial charge in [-0.2, -0.15) is 11.8 Å². The van der Waals surface area contributed by atoms with Gasteiger partial charge in [0.05, 0.1) is 12.4 Å². The predicted molar refractivity (Wildman–Crippen MR) is 68.3 cm³/mol. The maximum Gasteiger partial charge on any atom is 0.144 e. The first-order valence-electron chi connectivity index (χ1n) is 5.17. The Hall–Kier alpha value is -0.290. The maximum absolute atomic E-state index is 4.23. The van der Waals surface area contributed by atoms with E-state index in [0.29, 0.717) is 0 Å². The molecule has 1 aliphatic heterocycles. The largest absolute Gasteiger partial charge is 0.368 e. The van der Waals surface area contributed by atoms with Crippen molar-refractivity contribution in [3.63, 3.8) is 0 Å². The van der Waals surface area contributed by atoms with Crippen LogP contribution in [0.2, 0.25) is 0 Å². The number of nitrogens with one attached hydrogen (secondary N) is 1. The zero-order chi connectivity index (χ0) is 10.5. The number of hydrogen-bond donors (Lipinski definition) is 1. The molecule has 1 unspecified atom stereocenters. The summed E-state index contributed by atoms with van der Waals surface area (Å²) in [4.78, 5) is 8.36. The first-order valence-corrected chi connectivity index (χ1v) is 7.02. The number of anilines is 1. The summed E-state index contributed by atoms with van der Waals surface area (Å²) in [6.07, 6.45) is 7.54. The summed E-state index contributed by atoms with van der Waals surface area (Å²) in [6.45, 7) is 1.00. The molecule has 1 aliphatic rings. The van der Waals surface area contributed by atoms with Gasteiger partial charge in [0.1, 0.15) is 10.4 Å². The third-order valence-electron chi connectivity index (χ3n) is 2.41. The first-order chi connectivity index (χ1) is 7.34. The molecule has 5 heteroatoms. The van der Waals surface area contributed by atoms with Gasteiger partial charge in [-0.15, -0.1) is 0 Å². The molecule has 82 valence electrons. The summed E-state index contributed by atoms with van der Waals surface area (Å²) >= 11 is 5.33. The van der Waals surface area contributed by atoms with Crippen molar-refractivity contribution in [2.24, 2.45) is 0 Å². The van der Waals surface area contributed by atoms with E-state index in [1.807, 2.05) is 0 Å². The molecule has 15 heavy (non-hydrogen) atoms. The summed E-state index contributed by atoms with van der Waals surface area (Å²) in [6, 6.07) is 0. The fraction of sp³-hybridized carbons (Fsp3) is 0.600. The molecule has 0 amide bonds. The van der Waals surface area contributed by atoms with Crippen molar-refractivity contribution in [1.29, 1.82) is 0 Å². The highest BCUT2D eigenvalue weighted by atomic mass is 79.9. The van der Waals surface area contributed by atoms with E-state index in [4.69, 9.17) is 0 Å². The van der Waals surface area contributed by atoms with Crippen molar-refractivity contribution in [3.05, 3.63) is 17.0 Å². The molecule has 0 bridgehead atoms. The molecule has 3 nitrogen and oxygen atoms in total. The van der Waals surface area contributed by atoms with Crippen molar-refractivity contribution < 1.29 is 0 Å². The van der Waals surface area contributed by atoms with E-state index in [1.54, 1.807) is 12.4 Å². The minimum atomic E-state index is 0.740. The molecule has 0 saturated carbocycles. The van der Waals surface area contributed by atoms with Gasteiger partial charge >= 0.3 is 0 Å². The van der Waals surface area contributed by atoms with E-state index in [-0.39, 0.29) is 0 Å². The quantitative estimate of drug-likeness (QED) is 0.928. The van der Waals surface area contributed by atoms with Crippen molar-refractivity contribution in [1.82, 2.24) is 9.97 Å². The highest BCUT2D eigenvalue weighted by Gasteiger charge is 2.13. The van der Waals surface area contributed by atoms with Gasteiger partial charge in [0, 0.05) is 11.8 Å². The molecule has 0 spiro atoms. The number of nitrogens with zero attached hydrogens (tertiary/aromatic N) is 2. The molecule has 2 rings (SSSR count). The summed E-state index contributed by atoms with van der Waals surface area (Å²) in [5.41, 5.74) is 0. The van der Waals surface area contributed by atoms with E-state index in [0.717, 1.165) is 22.2 Å². The topological polar surface area (TPSA) is 37.8 Å². The number of hydrogen-bond acceptors (Lipinski definition) is 4. The van der Waals surface area contributed by atoms with Gasteiger partial charge in [-0.05, 0) is 34.5 Å². The minimum absolute atomic E-state index is 0.740.